The van der Waals surface area contributed by atoms with Gasteiger partial charge in [0.1, 0.15) is 5.57 Å². The summed E-state index contributed by atoms with van der Waals surface area (Å²) in [5.74, 6) is -1.37. The number of para-hydroxylation sites is 1. The Bertz CT molecular complexity index is 1140. The summed E-state index contributed by atoms with van der Waals surface area (Å²) in [5, 5.41) is 2.90. The molecule has 1 saturated heterocycles. The van der Waals surface area contributed by atoms with Crippen LogP contribution in [-0.4, -0.2) is 17.8 Å². The van der Waals surface area contributed by atoms with E-state index in [1.165, 1.54) is 6.08 Å². The fraction of sp³-hybridized carbons (Fsp3) is 0. The molecule has 7 heteroatoms. The normalized spacial score (nSPS) is 15.4. The summed E-state index contributed by atoms with van der Waals surface area (Å²) in [6.45, 7) is 0. The summed E-state index contributed by atoms with van der Waals surface area (Å²) in [7, 11) is 0. The first-order chi connectivity index (χ1) is 14.5. The quantitative estimate of drug-likeness (QED) is 0.455. The van der Waals surface area contributed by atoms with Crippen LogP contribution in [0.25, 0.3) is 6.08 Å². The molecular weight excluding hydrogens is 420 g/mol. The molecular formula is C23H15ClN2O3S. The van der Waals surface area contributed by atoms with Gasteiger partial charge in [-0.3, -0.25) is 14.9 Å². The summed E-state index contributed by atoms with van der Waals surface area (Å²) in [5.41, 5.74) is 0.973. The van der Waals surface area contributed by atoms with E-state index in [1.54, 1.807) is 42.1 Å². The Hall–Kier alpha value is -3.35. The number of carbonyl (C=O) groups is 3. The van der Waals surface area contributed by atoms with Crippen molar-refractivity contribution >= 4 is 53.0 Å². The van der Waals surface area contributed by atoms with Crippen molar-refractivity contribution in [3.8, 4) is 0 Å². The highest BCUT2D eigenvalue weighted by atomic mass is 35.5. The SMILES string of the molecule is O=C1NC(=O)N(c2ccccc2)C(=O)/C1=C/c1ccc(Sc2ccc(Cl)cc2)cc1. The number of barbiturate groups is 1. The lowest BCUT2D eigenvalue weighted by Gasteiger charge is -2.26. The standard InChI is InChI=1S/C23H15ClN2O3S/c24-16-8-12-19(13-9-16)30-18-10-6-15(7-11-18)14-20-21(27)25-23(29)26(22(20)28)17-4-2-1-3-5-17/h1-14H,(H,25,27,29)/b20-14+. The van der Waals surface area contributed by atoms with Gasteiger partial charge in [0.2, 0.25) is 0 Å². The van der Waals surface area contributed by atoms with Gasteiger partial charge in [0.25, 0.3) is 11.8 Å². The molecule has 0 aliphatic carbocycles. The molecule has 0 spiro atoms. The zero-order valence-corrected chi connectivity index (χ0v) is 17.1. The molecule has 0 radical (unpaired) electrons. The van der Waals surface area contributed by atoms with Crippen LogP contribution in [0.2, 0.25) is 5.02 Å². The summed E-state index contributed by atoms with van der Waals surface area (Å²) in [6, 6.07) is 22.7. The molecule has 0 saturated carbocycles. The minimum atomic E-state index is -0.761. The van der Waals surface area contributed by atoms with Crippen molar-refractivity contribution in [2.24, 2.45) is 0 Å². The van der Waals surface area contributed by atoms with E-state index in [2.05, 4.69) is 5.32 Å². The molecule has 0 bridgehead atoms. The molecule has 4 rings (SSSR count). The van der Waals surface area contributed by atoms with Crippen molar-refractivity contribution < 1.29 is 14.4 Å². The number of benzene rings is 3. The third kappa shape index (κ3) is 4.30. The van der Waals surface area contributed by atoms with Crippen molar-refractivity contribution in [3.63, 3.8) is 0 Å². The van der Waals surface area contributed by atoms with E-state index in [9.17, 15) is 14.4 Å². The highest BCUT2D eigenvalue weighted by Gasteiger charge is 2.36. The highest BCUT2D eigenvalue weighted by molar-refractivity contribution is 7.99. The van der Waals surface area contributed by atoms with Crippen LogP contribution in [0.4, 0.5) is 10.5 Å². The maximum Gasteiger partial charge on any atom is 0.335 e. The van der Waals surface area contributed by atoms with Gasteiger partial charge in [0, 0.05) is 14.8 Å². The van der Waals surface area contributed by atoms with Crippen LogP contribution < -0.4 is 10.2 Å². The topological polar surface area (TPSA) is 66.5 Å². The number of carbonyl (C=O) groups excluding carboxylic acids is 3. The van der Waals surface area contributed by atoms with Crippen molar-refractivity contribution in [3.05, 3.63) is 95.0 Å². The number of hydrogen-bond donors (Lipinski definition) is 1. The zero-order valence-electron chi connectivity index (χ0n) is 15.5. The summed E-state index contributed by atoms with van der Waals surface area (Å²) >= 11 is 7.48. The van der Waals surface area contributed by atoms with Crippen LogP contribution in [0.3, 0.4) is 0 Å². The van der Waals surface area contributed by atoms with Gasteiger partial charge in [-0.1, -0.05) is 53.7 Å². The number of urea groups is 1. The fourth-order valence-corrected chi connectivity index (χ4v) is 3.85. The minimum Gasteiger partial charge on any atom is -0.273 e. The molecule has 5 nitrogen and oxygen atoms in total. The number of halogens is 1. The summed E-state index contributed by atoms with van der Waals surface area (Å²) in [4.78, 5) is 40.3. The Morgan fingerprint density at radius 2 is 1.40 bits per heavy atom. The number of nitrogens with zero attached hydrogens (tertiary/aromatic N) is 1. The van der Waals surface area contributed by atoms with E-state index in [0.29, 0.717) is 16.3 Å². The molecule has 0 unspecified atom stereocenters. The largest absolute Gasteiger partial charge is 0.335 e. The van der Waals surface area contributed by atoms with E-state index < -0.39 is 17.8 Å². The molecule has 1 aliphatic rings. The Labute approximate surface area is 182 Å². The summed E-state index contributed by atoms with van der Waals surface area (Å²) in [6.07, 6.45) is 1.48. The molecule has 4 amide bonds. The molecule has 148 valence electrons. The molecule has 1 aliphatic heterocycles. The van der Waals surface area contributed by atoms with Crippen LogP contribution in [0, 0.1) is 0 Å². The number of anilines is 1. The van der Waals surface area contributed by atoms with E-state index in [4.69, 9.17) is 11.6 Å². The van der Waals surface area contributed by atoms with Gasteiger partial charge in [-0.25, -0.2) is 9.69 Å². The van der Waals surface area contributed by atoms with Gasteiger partial charge in [-0.05, 0) is 60.2 Å². The first kappa shape index (κ1) is 19.9. The summed E-state index contributed by atoms with van der Waals surface area (Å²) < 4.78 is 0. The number of imide groups is 2. The Morgan fingerprint density at radius 1 is 0.800 bits per heavy atom. The minimum absolute atomic E-state index is 0.100. The van der Waals surface area contributed by atoms with Gasteiger partial charge in [0.15, 0.2) is 0 Å². The molecule has 0 atom stereocenters. The number of nitrogens with one attached hydrogen (secondary N) is 1. The van der Waals surface area contributed by atoms with Crippen molar-refractivity contribution in [2.75, 3.05) is 4.90 Å². The average molecular weight is 435 g/mol. The Morgan fingerprint density at radius 3 is 2.03 bits per heavy atom. The monoisotopic (exact) mass is 434 g/mol. The zero-order chi connectivity index (χ0) is 21.1. The molecule has 1 fully saturated rings. The second kappa shape index (κ2) is 8.57. The van der Waals surface area contributed by atoms with E-state index in [-0.39, 0.29) is 5.57 Å². The maximum atomic E-state index is 12.8. The van der Waals surface area contributed by atoms with Gasteiger partial charge in [-0.2, -0.15) is 0 Å². The lowest BCUT2D eigenvalue weighted by Crippen LogP contribution is -2.54. The number of rotatable bonds is 4. The fourth-order valence-electron chi connectivity index (χ4n) is 2.91. The number of amides is 4. The molecule has 30 heavy (non-hydrogen) atoms. The second-order valence-corrected chi connectivity index (χ2v) is 8.00. The third-order valence-electron chi connectivity index (χ3n) is 4.36. The number of hydrogen-bond acceptors (Lipinski definition) is 4. The van der Waals surface area contributed by atoms with Crippen LogP contribution in [-0.2, 0) is 9.59 Å². The molecule has 0 aromatic heterocycles. The smallest absolute Gasteiger partial charge is 0.273 e. The van der Waals surface area contributed by atoms with Gasteiger partial charge >= 0.3 is 6.03 Å². The van der Waals surface area contributed by atoms with Crippen molar-refractivity contribution in [2.45, 2.75) is 9.79 Å². The molecule has 3 aromatic rings. The van der Waals surface area contributed by atoms with Crippen LogP contribution in [0.15, 0.2) is 94.2 Å². The highest BCUT2D eigenvalue weighted by Crippen LogP contribution is 2.29. The predicted molar refractivity (Wildman–Crippen MR) is 117 cm³/mol. The third-order valence-corrected chi connectivity index (χ3v) is 5.62. The Kier molecular flexibility index (Phi) is 5.70. The first-order valence-electron chi connectivity index (χ1n) is 9.01. The van der Waals surface area contributed by atoms with Crippen LogP contribution in [0.1, 0.15) is 5.56 Å². The van der Waals surface area contributed by atoms with Gasteiger partial charge in [0.05, 0.1) is 5.69 Å². The lowest BCUT2D eigenvalue weighted by atomic mass is 10.1. The van der Waals surface area contributed by atoms with Gasteiger partial charge < -0.3 is 0 Å². The second-order valence-electron chi connectivity index (χ2n) is 6.42. The van der Waals surface area contributed by atoms with Crippen LogP contribution >= 0.6 is 23.4 Å². The van der Waals surface area contributed by atoms with Gasteiger partial charge in [-0.15, -0.1) is 0 Å². The maximum absolute atomic E-state index is 12.8. The molecule has 1 heterocycles. The average Bonchev–Trinajstić information content (AvgIpc) is 2.74. The van der Waals surface area contributed by atoms with E-state index in [1.807, 2.05) is 48.5 Å². The lowest BCUT2D eigenvalue weighted by molar-refractivity contribution is -0.122. The van der Waals surface area contributed by atoms with Crippen molar-refractivity contribution in [1.82, 2.24) is 5.32 Å². The molecule has 1 N–H and O–H groups in total. The van der Waals surface area contributed by atoms with E-state index in [0.717, 1.165) is 14.7 Å². The van der Waals surface area contributed by atoms with Crippen molar-refractivity contribution in [1.29, 1.82) is 0 Å². The van der Waals surface area contributed by atoms with E-state index >= 15 is 0 Å². The predicted octanol–water partition coefficient (Wildman–Crippen LogP) is 5.16. The Balaban J connectivity index is 1.57. The first-order valence-corrected chi connectivity index (χ1v) is 10.2. The molecule has 3 aromatic carbocycles. The van der Waals surface area contributed by atoms with Crippen LogP contribution in [0.5, 0.6) is 0 Å².